The minimum atomic E-state index is -2.19. The van der Waals surface area contributed by atoms with Crippen LogP contribution in [0.3, 0.4) is 0 Å². The number of nitrogens with one attached hydrogen (secondary N) is 2. The van der Waals surface area contributed by atoms with Gasteiger partial charge in [-0.15, -0.1) is 0 Å². The van der Waals surface area contributed by atoms with Gasteiger partial charge in [0.15, 0.2) is 5.78 Å². The zero-order chi connectivity index (χ0) is 25.8. The number of carboxylic acids is 1. The highest BCUT2D eigenvalue weighted by Gasteiger charge is 2.62. The largest absolute Gasteiger partial charge is 0.479 e. The zero-order valence-corrected chi connectivity index (χ0v) is 20.3. The predicted molar refractivity (Wildman–Crippen MR) is 130 cm³/mol. The van der Waals surface area contributed by atoms with Crippen molar-refractivity contribution in [2.45, 2.75) is 51.3 Å². The summed E-state index contributed by atoms with van der Waals surface area (Å²) in [4.78, 5) is 53.1. The number of carboxylic acid groups (broad SMARTS) is 1. The van der Waals surface area contributed by atoms with E-state index in [0.29, 0.717) is 11.3 Å². The molecule has 9 heteroatoms. The van der Waals surface area contributed by atoms with E-state index in [1.165, 1.54) is 0 Å². The number of amides is 3. The first-order valence-corrected chi connectivity index (χ1v) is 11.4. The fraction of sp³-hybridized carbons (Fsp3) is 0.385. The Hall–Kier alpha value is -3.88. The van der Waals surface area contributed by atoms with Gasteiger partial charge in [0.25, 0.3) is 0 Å². The monoisotopic (exact) mass is 481 g/mol. The van der Waals surface area contributed by atoms with Gasteiger partial charge in [-0.3, -0.25) is 9.69 Å². The molecule has 2 aromatic carbocycles. The Kier molecular flexibility index (Phi) is 7.48. The Labute approximate surface area is 204 Å². The first-order valence-electron chi connectivity index (χ1n) is 11.4. The molecule has 9 nitrogen and oxygen atoms in total. The minimum Gasteiger partial charge on any atom is -0.479 e. The van der Waals surface area contributed by atoms with Gasteiger partial charge < -0.3 is 20.5 Å². The number of anilines is 1. The maximum atomic E-state index is 13.6. The van der Waals surface area contributed by atoms with Gasteiger partial charge >= 0.3 is 18.1 Å². The number of ketones is 1. The van der Waals surface area contributed by atoms with Crippen LogP contribution in [-0.2, 0) is 14.3 Å². The molecule has 3 atom stereocenters. The Morgan fingerprint density at radius 2 is 1.60 bits per heavy atom. The number of rotatable bonds is 6. The van der Waals surface area contributed by atoms with E-state index in [2.05, 4.69) is 10.6 Å². The van der Waals surface area contributed by atoms with Crippen LogP contribution in [0.4, 0.5) is 15.3 Å². The Morgan fingerprint density at radius 3 is 2.14 bits per heavy atom. The average molecular weight is 482 g/mol. The van der Waals surface area contributed by atoms with Gasteiger partial charge in [0, 0.05) is 5.69 Å². The van der Waals surface area contributed by atoms with Crippen molar-refractivity contribution in [3.8, 4) is 0 Å². The molecule has 186 valence electrons. The summed E-state index contributed by atoms with van der Waals surface area (Å²) in [6.07, 6.45) is -0.962. The average Bonchev–Trinajstić information content (AvgIpc) is 3.12. The van der Waals surface area contributed by atoms with E-state index in [0.717, 1.165) is 4.90 Å². The lowest BCUT2D eigenvalue weighted by atomic mass is 9.87. The second-order valence-corrected chi connectivity index (χ2v) is 9.65. The Balaban J connectivity index is 1.99. The maximum absolute atomic E-state index is 13.6. The van der Waals surface area contributed by atoms with Crippen molar-refractivity contribution in [2.75, 3.05) is 11.9 Å². The number of ether oxygens (including phenoxy) is 1. The number of alkyl carbamates (subject to hydrolysis) is 1. The summed E-state index contributed by atoms with van der Waals surface area (Å²) in [7, 11) is 0. The van der Waals surface area contributed by atoms with Crippen LogP contribution in [-0.4, -0.2) is 51.6 Å². The number of Topliss-reactive ketones (excluding diaryl/α,β-unsaturated/α-hetero) is 1. The quantitative estimate of drug-likeness (QED) is 0.531. The number of urea groups is 1. The van der Waals surface area contributed by atoms with Crippen molar-refractivity contribution in [3.63, 3.8) is 0 Å². The Morgan fingerprint density at radius 1 is 1.03 bits per heavy atom. The molecule has 3 unspecified atom stereocenters. The first-order chi connectivity index (χ1) is 16.5. The number of aliphatic carboxylic acids is 1. The molecule has 0 spiro atoms. The van der Waals surface area contributed by atoms with E-state index in [1.54, 1.807) is 82.3 Å². The molecule has 1 aliphatic heterocycles. The second kappa shape index (κ2) is 10.2. The normalized spacial score (nSPS) is 21.8. The molecule has 0 bridgehead atoms. The van der Waals surface area contributed by atoms with Crippen LogP contribution in [0.25, 0.3) is 0 Å². The zero-order valence-electron chi connectivity index (χ0n) is 20.3. The molecule has 1 aliphatic rings. The van der Waals surface area contributed by atoms with Crippen LogP contribution < -0.4 is 10.6 Å². The summed E-state index contributed by atoms with van der Waals surface area (Å²) in [6, 6.07) is 16.2. The van der Waals surface area contributed by atoms with Crippen LogP contribution in [0.2, 0.25) is 0 Å². The molecular weight excluding hydrogens is 450 g/mol. The smallest absolute Gasteiger partial charge is 0.408 e. The molecule has 1 fully saturated rings. The number of carbonyl (C=O) groups excluding carboxylic acids is 3. The van der Waals surface area contributed by atoms with Crippen LogP contribution in [0, 0.1) is 5.92 Å². The molecule has 3 amide bonds. The van der Waals surface area contributed by atoms with E-state index in [-0.39, 0.29) is 12.3 Å². The van der Waals surface area contributed by atoms with Gasteiger partial charge in [-0.05, 0) is 50.8 Å². The van der Waals surface area contributed by atoms with E-state index in [9.17, 15) is 24.3 Å². The molecule has 1 saturated heterocycles. The summed E-state index contributed by atoms with van der Waals surface area (Å²) < 4.78 is 5.17. The molecule has 0 radical (unpaired) electrons. The van der Waals surface area contributed by atoms with Crippen molar-refractivity contribution in [2.24, 2.45) is 5.92 Å². The molecule has 35 heavy (non-hydrogen) atoms. The lowest BCUT2D eigenvalue weighted by molar-refractivity contribution is -0.154. The van der Waals surface area contributed by atoms with Gasteiger partial charge in [0.05, 0.1) is 12.6 Å². The predicted octanol–water partition coefficient (Wildman–Crippen LogP) is 4.22. The number of benzene rings is 2. The fourth-order valence-corrected chi connectivity index (χ4v) is 4.47. The third-order valence-electron chi connectivity index (χ3n) is 5.84. The number of hydrogen-bond acceptors (Lipinski definition) is 5. The first kappa shape index (κ1) is 25.7. The number of nitrogens with zero attached hydrogens (tertiary/aromatic N) is 1. The highest BCUT2D eigenvalue weighted by molar-refractivity contribution is 6.13. The molecule has 2 aromatic rings. The van der Waals surface area contributed by atoms with Crippen molar-refractivity contribution >= 4 is 29.6 Å². The molecule has 3 N–H and O–H groups in total. The maximum Gasteiger partial charge on any atom is 0.408 e. The van der Waals surface area contributed by atoms with E-state index >= 15 is 0 Å². The van der Waals surface area contributed by atoms with Crippen molar-refractivity contribution in [1.29, 1.82) is 0 Å². The molecule has 1 heterocycles. The standard InChI is InChI=1S/C26H31N3O6/c1-17-15-26(22(31)32,20(30)16-27-24(34)35-25(2,3)4)29(21(17)18-11-7-5-8-12-18)23(33)28-19-13-9-6-10-14-19/h5-14,17,21H,15-16H2,1-4H3,(H,27,34)(H,28,33)(H,31,32). The minimum absolute atomic E-state index is 0.112. The lowest BCUT2D eigenvalue weighted by Crippen LogP contribution is -2.62. The van der Waals surface area contributed by atoms with Crippen LogP contribution in [0.5, 0.6) is 0 Å². The SMILES string of the molecule is CC1CC(C(=O)O)(C(=O)CNC(=O)OC(C)(C)C)N(C(=O)Nc2ccccc2)C1c1ccccc1. The van der Waals surface area contributed by atoms with E-state index in [4.69, 9.17) is 4.74 Å². The molecular formula is C26H31N3O6. The fourth-order valence-electron chi connectivity index (χ4n) is 4.47. The van der Waals surface area contributed by atoms with Crippen molar-refractivity contribution in [1.82, 2.24) is 10.2 Å². The van der Waals surface area contributed by atoms with Gasteiger partial charge in [-0.25, -0.2) is 14.4 Å². The van der Waals surface area contributed by atoms with Crippen LogP contribution in [0.15, 0.2) is 60.7 Å². The van der Waals surface area contributed by atoms with Gasteiger partial charge in [-0.2, -0.15) is 0 Å². The summed E-state index contributed by atoms with van der Waals surface area (Å²) >= 11 is 0. The third kappa shape index (κ3) is 5.62. The number of carbonyl (C=O) groups is 4. The number of hydrogen-bond donors (Lipinski definition) is 3. The van der Waals surface area contributed by atoms with E-state index in [1.807, 2.05) is 6.07 Å². The van der Waals surface area contributed by atoms with Gasteiger partial charge in [0.2, 0.25) is 5.54 Å². The highest BCUT2D eigenvalue weighted by atomic mass is 16.6. The highest BCUT2D eigenvalue weighted by Crippen LogP contribution is 2.47. The summed E-state index contributed by atoms with van der Waals surface area (Å²) in [5, 5.41) is 15.4. The van der Waals surface area contributed by atoms with Crippen LogP contribution >= 0.6 is 0 Å². The summed E-state index contributed by atoms with van der Waals surface area (Å²) in [5.41, 5.74) is -1.81. The molecule has 0 aromatic heterocycles. The van der Waals surface area contributed by atoms with Crippen LogP contribution in [0.1, 0.15) is 45.7 Å². The molecule has 0 saturated carbocycles. The van der Waals surface area contributed by atoms with Crippen molar-refractivity contribution < 1.29 is 29.0 Å². The third-order valence-corrected chi connectivity index (χ3v) is 5.84. The number of para-hydroxylation sites is 1. The second-order valence-electron chi connectivity index (χ2n) is 9.65. The molecule has 3 rings (SSSR count). The van der Waals surface area contributed by atoms with Gasteiger partial charge in [0.1, 0.15) is 5.60 Å². The summed E-state index contributed by atoms with van der Waals surface area (Å²) in [5.74, 6) is -2.63. The van der Waals surface area contributed by atoms with Crippen molar-refractivity contribution in [3.05, 3.63) is 66.2 Å². The molecule has 0 aliphatic carbocycles. The Bertz CT molecular complexity index is 1080. The number of likely N-dealkylation sites (tertiary alicyclic amines) is 1. The van der Waals surface area contributed by atoms with E-state index < -0.39 is 47.6 Å². The van der Waals surface area contributed by atoms with Gasteiger partial charge in [-0.1, -0.05) is 55.5 Å². The summed E-state index contributed by atoms with van der Waals surface area (Å²) in [6.45, 7) is 6.22. The lowest BCUT2D eigenvalue weighted by Gasteiger charge is -2.37. The topological polar surface area (TPSA) is 125 Å².